The van der Waals surface area contributed by atoms with Crippen LogP contribution in [0.1, 0.15) is 50.7 Å². The van der Waals surface area contributed by atoms with E-state index in [0.717, 1.165) is 55.9 Å². The first-order chi connectivity index (χ1) is 23.5. The molecular weight excluding hydrogens is 716 g/mol. The van der Waals surface area contributed by atoms with Crippen molar-refractivity contribution in [1.82, 2.24) is 0 Å². The number of nitrogens with zero attached hydrogens (tertiary/aromatic N) is 2. The number of halogens is 2. The van der Waals surface area contributed by atoms with Gasteiger partial charge >= 0.3 is 0 Å². The number of hydrogen-bond donors (Lipinski definition) is 0. The third kappa shape index (κ3) is 8.29. The van der Waals surface area contributed by atoms with Crippen LogP contribution in [0.25, 0.3) is 11.1 Å². The normalized spacial score (nSPS) is 11.0. The highest BCUT2D eigenvalue weighted by Crippen LogP contribution is 2.38. The molecule has 0 atom stereocenters. The highest BCUT2D eigenvalue weighted by molar-refractivity contribution is 9.10. The Hall–Kier alpha value is -4.12. The van der Waals surface area contributed by atoms with Crippen molar-refractivity contribution in [3.63, 3.8) is 0 Å². The Morgan fingerprint density at radius 2 is 0.604 bits per heavy atom. The van der Waals surface area contributed by atoms with E-state index in [1.54, 1.807) is 0 Å². The monoisotopic (exact) mass is 756 g/mol. The van der Waals surface area contributed by atoms with Crippen molar-refractivity contribution in [2.24, 2.45) is 0 Å². The van der Waals surface area contributed by atoms with E-state index in [4.69, 9.17) is 0 Å². The summed E-state index contributed by atoms with van der Waals surface area (Å²) < 4.78 is 2.14. The Morgan fingerprint density at radius 3 is 0.875 bits per heavy atom. The van der Waals surface area contributed by atoms with E-state index < -0.39 is 0 Å². The van der Waals surface area contributed by atoms with Gasteiger partial charge in [-0.05, 0) is 145 Å². The van der Waals surface area contributed by atoms with Gasteiger partial charge in [-0.2, -0.15) is 0 Å². The molecule has 6 rings (SSSR count). The lowest BCUT2D eigenvalue weighted by Crippen LogP contribution is -2.10. The minimum Gasteiger partial charge on any atom is -0.311 e. The van der Waals surface area contributed by atoms with Gasteiger partial charge in [-0.1, -0.05) is 107 Å². The van der Waals surface area contributed by atoms with Crippen molar-refractivity contribution >= 4 is 66.0 Å². The second-order valence-corrected chi connectivity index (χ2v) is 14.1. The molecule has 4 heteroatoms. The minimum atomic E-state index is 1.07. The van der Waals surface area contributed by atoms with Crippen molar-refractivity contribution in [3.8, 4) is 11.1 Å². The molecule has 0 amide bonds. The van der Waals surface area contributed by atoms with E-state index in [1.807, 2.05) is 0 Å². The first kappa shape index (κ1) is 33.8. The van der Waals surface area contributed by atoms with Crippen LogP contribution < -0.4 is 9.80 Å². The van der Waals surface area contributed by atoms with Crippen molar-refractivity contribution in [2.45, 2.75) is 52.4 Å². The summed E-state index contributed by atoms with van der Waals surface area (Å²) in [7, 11) is 0. The summed E-state index contributed by atoms with van der Waals surface area (Å²) in [5, 5.41) is 0. The Balaban J connectivity index is 1.28. The summed E-state index contributed by atoms with van der Waals surface area (Å²) >= 11 is 7.21. The first-order valence-electron chi connectivity index (χ1n) is 17.0. The van der Waals surface area contributed by atoms with Crippen LogP contribution in [0.2, 0.25) is 0 Å². The number of hydrogen-bond acceptors (Lipinski definition) is 2. The van der Waals surface area contributed by atoms with Crippen LogP contribution in [0.15, 0.2) is 155 Å². The highest BCUT2D eigenvalue weighted by atomic mass is 79.9. The molecule has 6 aromatic rings. The molecule has 6 aromatic carbocycles. The Morgan fingerprint density at radius 1 is 0.354 bits per heavy atom. The van der Waals surface area contributed by atoms with Gasteiger partial charge in [0, 0.05) is 43.1 Å². The minimum absolute atomic E-state index is 1.07. The maximum Gasteiger partial charge on any atom is 0.0462 e. The van der Waals surface area contributed by atoms with Gasteiger partial charge in [0.25, 0.3) is 0 Å². The Labute approximate surface area is 303 Å². The predicted molar refractivity (Wildman–Crippen MR) is 214 cm³/mol. The zero-order chi connectivity index (χ0) is 33.3. The van der Waals surface area contributed by atoms with Crippen LogP contribution >= 0.6 is 31.9 Å². The predicted octanol–water partition coefficient (Wildman–Crippen LogP) is 14.5. The molecule has 0 bridgehead atoms. The fraction of sp³-hybridized carbons (Fsp3) is 0.182. The summed E-state index contributed by atoms with van der Waals surface area (Å²) in [6.45, 7) is 4.49. The van der Waals surface area contributed by atoms with Gasteiger partial charge in [-0.25, -0.2) is 0 Å². The van der Waals surface area contributed by atoms with Gasteiger partial charge < -0.3 is 9.80 Å². The molecular formula is C44H42Br2N2. The van der Waals surface area contributed by atoms with Gasteiger partial charge in [0.15, 0.2) is 0 Å². The Bertz CT molecular complexity index is 1720. The largest absolute Gasteiger partial charge is 0.311 e. The van der Waals surface area contributed by atoms with E-state index in [0.29, 0.717) is 0 Å². The first-order valence-corrected chi connectivity index (χ1v) is 18.6. The Kier molecular flexibility index (Phi) is 11.5. The molecule has 0 unspecified atom stereocenters. The smallest absolute Gasteiger partial charge is 0.0462 e. The van der Waals surface area contributed by atoms with E-state index >= 15 is 0 Å². The van der Waals surface area contributed by atoms with E-state index in [9.17, 15) is 0 Å². The van der Waals surface area contributed by atoms with E-state index in [1.165, 1.54) is 47.9 Å². The quantitative estimate of drug-likeness (QED) is 0.116. The number of rotatable bonds is 13. The topological polar surface area (TPSA) is 6.48 Å². The summed E-state index contributed by atoms with van der Waals surface area (Å²) in [5.41, 5.74) is 12.0. The molecule has 242 valence electrons. The van der Waals surface area contributed by atoms with Gasteiger partial charge in [0.1, 0.15) is 0 Å². The average molecular weight is 759 g/mol. The molecule has 0 N–H and O–H groups in total. The fourth-order valence-corrected chi connectivity index (χ4v) is 6.59. The van der Waals surface area contributed by atoms with Crippen LogP contribution in [-0.2, 0) is 12.8 Å². The third-order valence-corrected chi connectivity index (χ3v) is 9.84. The van der Waals surface area contributed by atoms with Crippen molar-refractivity contribution in [1.29, 1.82) is 0 Å². The van der Waals surface area contributed by atoms with E-state index in [-0.39, 0.29) is 0 Å². The third-order valence-electron chi connectivity index (χ3n) is 8.78. The van der Waals surface area contributed by atoms with Crippen LogP contribution in [-0.4, -0.2) is 0 Å². The van der Waals surface area contributed by atoms with Crippen LogP contribution in [0.5, 0.6) is 0 Å². The molecule has 0 aromatic heterocycles. The molecule has 0 radical (unpaired) electrons. The van der Waals surface area contributed by atoms with E-state index in [2.05, 4.69) is 201 Å². The van der Waals surface area contributed by atoms with Gasteiger partial charge in [0.05, 0.1) is 0 Å². The molecule has 0 saturated heterocycles. The fourth-order valence-electron chi connectivity index (χ4n) is 6.07. The molecule has 0 saturated carbocycles. The zero-order valence-corrected chi connectivity index (χ0v) is 30.9. The number of unbranched alkanes of at least 4 members (excludes halogenated alkanes) is 2. The second-order valence-electron chi connectivity index (χ2n) is 12.3. The lowest BCUT2D eigenvalue weighted by Gasteiger charge is -2.26. The number of anilines is 6. The maximum absolute atomic E-state index is 3.61. The summed E-state index contributed by atoms with van der Waals surface area (Å²) in [4.78, 5) is 4.65. The van der Waals surface area contributed by atoms with Gasteiger partial charge in [0.2, 0.25) is 0 Å². The van der Waals surface area contributed by atoms with Crippen molar-refractivity contribution < 1.29 is 0 Å². The SMILES string of the molecule is CCCCc1ccc(N(c2ccc(Br)cc2)c2ccc(-c3ccc(N(c4ccc(Br)cc4)c4ccc(CCCC)cc4)cc3)cc2)cc1. The lowest BCUT2D eigenvalue weighted by atomic mass is 10.0. The number of benzene rings is 6. The van der Waals surface area contributed by atoms with Crippen LogP contribution in [0.4, 0.5) is 34.1 Å². The molecule has 48 heavy (non-hydrogen) atoms. The molecule has 0 fully saturated rings. The average Bonchev–Trinajstić information content (AvgIpc) is 3.13. The van der Waals surface area contributed by atoms with Gasteiger partial charge in [-0.3, -0.25) is 0 Å². The molecule has 2 nitrogen and oxygen atoms in total. The standard InChI is InChI=1S/C44H42Br2N2/c1-3-5-7-33-9-21-39(22-10-33)47(43-29-17-37(45)18-30-43)41-25-13-35(14-26-41)36-15-27-42(28-16-36)48(44-31-19-38(46)20-32-44)40-23-11-34(12-24-40)8-6-4-2/h9-32H,3-8H2,1-2H3. The summed E-state index contributed by atoms with van der Waals surface area (Å²) in [6, 6.07) is 53.0. The zero-order valence-electron chi connectivity index (χ0n) is 27.7. The van der Waals surface area contributed by atoms with Gasteiger partial charge in [-0.15, -0.1) is 0 Å². The van der Waals surface area contributed by atoms with Crippen LogP contribution in [0, 0.1) is 0 Å². The molecule has 0 aliphatic heterocycles. The highest BCUT2D eigenvalue weighted by Gasteiger charge is 2.15. The van der Waals surface area contributed by atoms with Crippen molar-refractivity contribution in [3.05, 3.63) is 166 Å². The lowest BCUT2D eigenvalue weighted by molar-refractivity contribution is 0.795. The molecule has 0 spiro atoms. The second kappa shape index (κ2) is 16.3. The molecule has 0 heterocycles. The molecule has 0 aliphatic rings. The summed E-state index contributed by atoms with van der Waals surface area (Å²) in [6.07, 6.45) is 7.08. The summed E-state index contributed by atoms with van der Waals surface area (Å²) in [5.74, 6) is 0. The van der Waals surface area contributed by atoms with Crippen LogP contribution in [0.3, 0.4) is 0 Å². The molecule has 0 aliphatic carbocycles. The van der Waals surface area contributed by atoms with Crippen molar-refractivity contribution in [2.75, 3.05) is 9.80 Å². The maximum atomic E-state index is 3.61. The number of aryl methyl sites for hydroxylation is 2.